The van der Waals surface area contributed by atoms with E-state index in [1.54, 1.807) is 19.1 Å². The van der Waals surface area contributed by atoms with Crippen LogP contribution in [0.15, 0.2) is 54.6 Å². The number of β-amino-alcohol motifs (C(OH)–C–C–N with tert-alkyl or cyclic N) is 1. The Kier molecular flexibility index (Phi) is 7.73. The summed E-state index contributed by atoms with van der Waals surface area (Å²) in [5.41, 5.74) is 1.17. The number of piperidine rings is 1. The summed E-state index contributed by atoms with van der Waals surface area (Å²) in [4.78, 5) is 31.9. The van der Waals surface area contributed by atoms with Crippen LogP contribution in [-0.2, 0) is 11.3 Å². The number of likely N-dealkylation sites (tertiary alicyclic amines) is 1. The molecule has 2 aromatic carbocycles. The lowest BCUT2D eigenvalue weighted by Gasteiger charge is -2.42. The molecule has 0 saturated carbocycles. The highest BCUT2D eigenvalue weighted by atomic mass is 16.5. The second-order valence-corrected chi connectivity index (χ2v) is 8.92. The van der Waals surface area contributed by atoms with E-state index in [1.165, 1.54) is 4.90 Å². The van der Waals surface area contributed by atoms with Crippen molar-refractivity contribution in [3.63, 3.8) is 0 Å². The summed E-state index contributed by atoms with van der Waals surface area (Å²) in [6.07, 6.45) is 4.80. The average molecular weight is 480 g/mol. The van der Waals surface area contributed by atoms with Crippen molar-refractivity contribution >= 4 is 18.0 Å². The molecule has 4 rings (SSSR count). The van der Waals surface area contributed by atoms with Gasteiger partial charge in [-0.25, -0.2) is 4.79 Å². The Morgan fingerprint density at radius 1 is 1.00 bits per heavy atom. The van der Waals surface area contributed by atoms with Gasteiger partial charge in [-0.15, -0.1) is 0 Å². The summed E-state index contributed by atoms with van der Waals surface area (Å²) in [5, 5.41) is 9.63. The molecule has 1 N–H and O–H groups in total. The predicted molar refractivity (Wildman–Crippen MR) is 133 cm³/mol. The quantitative estimate of drug-likeness (QED) is 0.557. The molecule has 0 bridgehead atoms. The molecule has 35 heavy (non-hydrogen) atoms. The standard InChI is InChI=1S/C27H33N3O5/c1-34-23-17-22(18-24(19-23)35-2)20-28-13-10-27(11-14-28)25(32)29(26(33)30(27)15-16-31)12-6-9-21-7-4-3-5-8-21/h3-9,17-19,31H,10-16,20H2,1-2H3/b9-6+. The molecule has 8 heteroatoms. The molecule has 2 heterocycles. The van der Waals surface area contributed by atoms with Crippen LogP contribution in [0.5, 0.6) is 11.5 Å². The van der Waals surface area contributed by atoms with Crippen LogP contribution in [0.1, 0.15) is 24.0 Å². The first kappa shape index (κ1) is 24.8. The number of hydrogen-bond acceptors (Lipinski definition) is 6. The van der Waals surface area contributed by atoms with Gasteiger partial charge in [0, 0.05) is 38.8 Å². The van der Waals surface area contributed by atoms with Gasteiger partial charge in [-0.2, -0.15) is 0 Å². The van der Waals surface area contributed by atoms with Crippen LogP contribution in [-0.4, -0.2) is 84.3 Å². The summed E-state index contributed by atoms with van der Waals surface area (Å²) in [5.74, 6) is 1.30. The Hall–Kier alpha value is -3.36. The lowest BCUT2D eigenvalue weighted by atomic mass is 9.85. The van der Waals surface area contributed by atoms with Crippen LogP contribution in [0.2, 0.25) is 0 Å². The van der Waals surface area contributed by atoms with E-state index in [-0.39, 0.29) is 31.6 Å². The number of urea groups is 1. The first-order valence-corrected chi connectivity index (χ1v) is 11.9. The molecule has 2 saturated heterocycles. The number of aliphatic hydroxyl groups is 1. The van der Waals surface area contributed by atoms with Crippen molar-refractivity contribution in [1.82, 2.24) is 14.7 Å². The zero-order chi connectivity index (χ0) is 24.8. The number of imide groups is 1. The second kappa shape index (κ2) is 10.9. The summed E-state index contributed by atoms with van der Waals surface area (Å²) < 4.78 is 10.8. The van der Waals surface area contributed by atoms with E-state index >= 15 is 0 Å². The number of ether oxygens (including phenoxy) is 2. The molecule has 3 amide bonds. The van der Waals surface area contributed by atoms with E-state index in [0.717, 1.165) is 22.6 Å². The Labute approximate surface area is 206 Å². The molecule has 0 unspecified atom stereocenters. The smallest absolute Gasteiger partial charge is 0.328 e. The minimum atomic E-state index is -0.900. The van der Waals surface area contributed by atoms with Gasteiger partial charge in [0.1, 0.15) is 17.0 Å². The lowest BCUT2D eigenvalue weighted by Crippen LogP contribution is -2.57. The van der Waals surface area contributed by atoms with Gasteiger partial charge in [0.15, 0.2) is 0 Å². The van der Waals surface area contributed by atoms with Gasteiger partial charge in [0.05, 0.1) is 20.8 Å². The van der Waals surface area contributed by atoms with Crippen molar-refractivity contribution in [1.29, 1.82) is 0 Å². The third-order valence-corrected chi connectivity index (χ3v) is 6.84. The van der Waals surface area contributed by atoms with Crippen molar-refractivity contribution < 1.29 is 24.2 Å². The maximum Gasteiger partial charge on any atom is 0.328 e. The largest absolute Gasteiger partial charge is 0.497 e. The first-order chi connectivity index (χ1) is 17.0. The van der Waals surface area contributed by atoms with E-state index in [9.17, 15) is 14.7 Å². The summed E-state index contributed by atoms with van der Waals surface area (Å²) in [6.45, 7) is 2.19. The number of nitrogens with zero attached hydrogens (tertiary/aromatic N) is 3. The fraction of sp³-hybridized carbons (Fsp3) is 0.407. The van der Waals surface area contributed by atoms with E-state index in [1.807, 2.05) is 60.7 Å². The molecule has 2 aliphatic rings. The van der Waals surface area contributed by atoms with Crippen LogP contribution in [0.4, 0.5) is 4.79 Å². The summed E-state index contributed by atoms with van der Waals surface area (Å²) in [7, 11) is 3.25. The number of benzene rings is 2. The Morgan fingerprint density at radius 2 is 1.66 bits per heavy atom. The normalized spacial score (nSPS) is 18.1. The Bertz CT molecular complexity index is 1040. The van der Waals surface area contributed by atoms with Crippen LogP contribution in [0.3, 0.4) is 0 Å². The minimum absolute atomic E-state index is 0.149. The summed E-state index contributed by atoms with van der Waals surface area (Å²) in [6, 6.07) is 15.2. The number of aliphatic hydroxyl groups excluding tert-OH is 1. The van der Waals surface area contributed by atoms with Crippen molar-refractivity contribution in [3.05, 3.63) is 65.7 Å². The van der Waals surface area contributed by atoms with Gasteiger partial charge in [-0.1, -0.05) is 42.5 Å². The maximum atomic E-state index is 13.5. The van der Waals surface area contributed by atoms with Crippen molar-refractivity contribution in [2.24, 2.45) is 0 Å². The highest BCUT2D eigenvalue weighted by molar-refractivity contribution is 6.07. The van der Waals surface area contributed by atoms with Gasteiger partial charge in [-0.3, -0.25) is 14.6 Å². The third-order valence-electron chi connectivity index (χ3n) is 6.84. The van der Waals surface area contributed by atoms with Gasteiger partial charge < -0.3 is 19.5 Å². The van der Waals surface area contributed by atoms with Gasteiger partial charge >= 0.3 is 6.03 Å². The second-order valence-electron chi connectivity index (χ2n) is 8.92. The zero-order valence-electron chi connectivity index (χ0n) is 20.4. The third kappa shape index (κ3) is 5.18. The van der Waals surface area contributed by atoms with Crippen LogP contribution >= 0.6 is 0 Å². The van der Waals surface area contributed by atoms with Crippen molar-refractivity contribution in [2.45, 2.75) is 24.9 Å². The fourth-order valence-electron chi connectivity index (χ4n) is 4.99. The van der Waals surface area contributed by atoms with Crippen LogP contribution < -0.4 is 9.47 Å². The van der Waals surface area contributed by atoms with Crippen molar-refractivity contribution in [3.8, 4) is 11.5 Å². The molecule has 0 aliphatic carbocycles. The number of amides is 3. The van der Waals surface area contributed by atoms with E-state index in [0.29, 0.717) is 32.5 Å². The van der Waals surface area contributed by atoms with Gasteiger partial charge in [0.2, 0.25) is 0 Å². The molecular formula is C27H33N3O5. The molecule has 2 aliphatic heterocycles. The van der Waals surface area contributed by atoms with Crippen molar-refractivity contribution in [2.75, 3.05) is 47.0 Å². The number of methoxy groups -OCH3 is 2. The lowest BCUT2D eigenvalue weighted by molar-refractivity contribution is -0.135. The number of carbonyl (C=O) groups excluding carboxylic acids is 2. The van der Waals surface area contributed by atoms with Crippen LogP contribution in [0, 0.1) is 0 Å². The highest BCUT2D eigenvalue weighted by Gasteiger charge is 2.57. The SMILES string of the molecule is COc1cc(CN2CCC3(CC2)C(=O)N(C/C=C/c2ccccc2)C(=O)N3CCO)cc(OC)c1. The zero-order valence-corrected chi connectivity index (χ0v) is 20.4. The molecule has 0 atom stereocenters. The van der Waals surface area contributed by atoms with E-state index in [4.69, 9.17) is 9.47 Å². The Balaban J connectivity index is 1.45. The topological polar surface area (TPSA) is 82.6 Å². The molecule has 2 aromatic rings. The molecule has 186 valence electrons. The molecule has 0 aromatic heterocycles. The highest BCUT2D eigenvalue weighted by Crippen LogP contribution is 2.37. The molecule has 8 nitrogen and oxygen atoms in total. The van der Waals surface area contributed by atoms with Gasteiger partial charge in [0.25, 0.3) is 5.91 Å². The van der Waals surface area contributed by atoms with Gasteiger partial charge in [-0.05, 0) is 36.1 Å². The van der Waals surface area contributed by atoms with E-state index < -0.39 is 5.54 Å². The van der Waals surface area contributed by atoms with E-state index in [2.05, 4.69) is 4.90 Å². The molecular weight excluding hydrogens is 446 g/mol. The molecule has 1 spiro atoms. The molecule has 0 radical (unpaired) electrons. The minimum Gasteiger partial charge on any atom is -0.497 e. The average Bonchev–Trinajstić information content (AvgIpc) is 3.07. The molecule has 2 fully saturated rings. The summed E-state index contributed by atoms with van der Waals surface area (Å²) >= 11 is 0. The first-order valence-electron chi connectivity index (χ1n) is 11.9. The van der Waals surface area contributed by atoms with Crippen LogP contribution in [0.25, 0.3) is 6.08 Å². The Morgan fingerprint density at radius 3 is 2.26 bits per heavy atom. The number of carbonyl (C=O) groups is 2. The maximum absolute atomic E-state index is 13.5. The fourth-order valence-corrected chi connectivity index (χ4v) is 4.99. The number of rotatable bonds is 9. The monoisotopic (exact) mass is 479 g/mol. The predicted octanol–water partition coefficient (Wildman–Crippen LogP) is 3.01. The number of hydrogen-bond donors (Lipinski definition) is 1.